The van der Waals surface area contributed by atoms with Gasteiger partial charge in [-0.25, -0.2) is 4.79 Å². The number of hydrogen-bond acceptors (Lipinski definition) is 5. The molecule has 1 aromatic heterocycles. The average molecular weight is 271 g/mol. The number of esters is 1. The van der Waals surface area contributed by atoms with E-state index in [0.717, 1.165) is 11.3 Å². The SMILES string of the molecule is COC(=O)c1cc(NC(C)c2cccnc2)ccc1N. The highest BCUT2D eigenvalue weighted by atomic mass is 16.5. The van der Waals surface area contributed by atoms with Crippen molar-refractivity contribution in [1.29, 1.82) is 0 Å². The van der Waals surface area contributed by atoms with Gasteiger partial charge in [0.25, 0.3) is 0 Å². The van der Waals surface area contributed by atoms with Crippen LogP contribution in [0.5, 0.6) is 0 Å². The third-order valence-electron chi connectivity index (χ3n) is 3.03. The summed E-state index contributed by atoms with van der Waals surface area (Å²) in [4.78, 5) is 15.7. The van der Waals surface area contributed by atoms with Gasteiger partial charge in [0.1, 0.15) is 0 Å². The molecule has 5 nitrogen and oxygen atoms in total. The van der Waals surface area contributed by atoms with E-state index in [0.29, 0.717) is 11.3 Å². The van der Waals surface area contributed by atoms with Crippen molar-refractivity contribution in [3.63, 3.8) is 0 Å². The summed E-state index contributed by atoms with van der Waals surface area (Å²) >= 11 is 0. The summed E-state index contributed by atoms with van der Waals surface area (Å²) in [5.74, 6) is -0.444. The van der Waals surface area contributed by atoms with Crippen LogP contribution in [0, 0.1) is 0 Å². The lowest BCUT2D eigenvalue weighted by Crippen LogP contribution is -2.10. The first-order chi connectivity index (χ1) is 9.61. The molecule has 1 unspecified atom stereocenters. The number of hydrogen-bond donors (Lipinski definition) is 2. The number of aromatic nitrogens is 1. The second-order valence-electron chi connectivity index (χ2n) is 4.45. The first-order valence-electron chi connectivity index (χ1n) is 6.26. The Kier molecular flexibility index (Phi) is 4.20. The second-order valence-corrected chi connectivity index (χ2v) is 4.45. The highest BCUT2D eigenvalue weighted by Gasteiger charge is 2.12. The molecule has 1 heterocycles. The summed E-state index contributed by atoms with van der Waals surface area (Å²) in [5, 5.41) is 3.30. The van der Waals surface area contributed by atoms with Gasteiger partial charge in [-0.2, -0.15) is 0 Å². The van der Waals surface area contributed by atoms with Crippen molar-refractivity contribution in [1.82, 2.24) is 4.98 Å². The molecule has 0 aliphatic rings. The molecule has 5 heteroatoms. The Morgan fingerprint density at radius 3 is 2.85 bits per heavy atom. The Morgan fingerprint density at radius 1 is 1.40 bits per heavy atom. The van der Waals surface area contributed by atoms with E-state index in [4.69, 9.17) is 10.5 Å². The minimum Gasteiger partial charge on any atom is -0.465 e. The molecular formula is C15H17N3O2. The largest absolute Gasteiger partial charge is 0.465 e. The molecular weight excluding hydrogens is 254 g/mol. The number of nitrogen functional groups attached to an aromatic ring is 1. The van der Waals surface area contributed by atoms with E-state index < -0.39 is 5.97 Å². The fraction of sp³-hybridized carbons (Fsp3) is 0.200. The molecule has 0 saturated carbocycles. The summed E-state index contributed by atoms with van der Waals surface area (Å²) in [6, 6.07) is 9.14. The van der Waals surface area contributed by atoms with E-state index in [1.165, 1.54) is 7.11 Å². The number of carbonyl (C=O) groups excluding carboxylic acids is 1. The molecule has 0 fully saturated rings. The number of nitrogens with one attached hydrogen (secondary N) is 1. The van der Waals surface area contributed by atoms with E-state index in [1.807, 2.05) is 25.1 Å². The van der Waals surface area contributed by atoms with E-state index in [2.05, 4.69) is 10.3 Å². The molecule has 0 saturated heterocycles. The first-order valence-corrected chi connectivity index (χ1v) is 6.26. The Balaban J connectivity index is 2.20. The molecule has 1 aromatic carbocycles. The fourth-order valence-corrected chi connectivity index (χ4v) is 1.90. The van der Waals surface area contributed by atoms with Crippen LogP contribution in [-0.2, 0) is 4.74 Å². The summed E-state index contributed by atoms with van der Waals surface area (Å²) in [7, 11) is 1.33. The maximum atomic E-state index is 11.6. The van der Waals surface area contributed by atoms with E-state index in [1.54, 1.807) is 24.5 Å². The summed E-state index contributed by atoms with van der Waals surface area (Å²) in [6.45, 7) is 2.02. The summed E-state index contributed by atoms with van der Waals surface area (Å²) in [6.07, 6.45) is 3.53. The van der Waals surface area contributed by atoms with Crippen LogP contribution >= 0.6 is 0 Å². The van der Waals surface area contributed by atoms with Crippen molar-refractivity contribution < 1.29 is 9.53 Å². The zero-order valence-corrected chi connectivity index (χ0v) is 11.5. The van der Waals surface area contributed by atoms with Gasteiger partial charge in [-0.3, -0.25) is 4.98 Å². The number of nitrogens with two attached hydrogens (primary N) is 1. The number of pyridine rings is 1. The quantitative estimate of drug-likeness (QED) is 0.660. The van der Waals surface area contributed by atoms with Crippen LogP contribution in [0.1, 0.15) is 28.9 Å². The Hall–Kier alpha value is -2.56. The van der Waals surface area contributed by atoms with Gasteiger partial charge in [-0.05, 0) is 36.8 Å². The minimum absolute atomic E-state index is 0.0674. The van der Waals surface area contributed by atoms with Crippen molar-refractivity contribution in [2.24, 2.45) is 0 Å². The molecule has 1 atom stereocenters. The maximum Gasteiger partial charge on any atom is 0.340 e. The fourth-order valence-electron chi connectivity index (χ4n) is 1.90. The molecule has 104 valence electrons. The summed E-state index contributed by atoms with van der Waals surface area (Å²) in [5.41, 5.74) is 8.39. The zero-order valence-electron chi connectivity index (χ0n) is 11.5. The third kappa shape index (κ3) is 3.06. The molecule has 3 N–H and O–H groups in total. The monoisotopic (exact) mass is 271 g/mol. The molecule has 0 aliphatic heterocycles. The Labute approximate surface area is 117 Å². The molecule has 0 aliphatic carbocycles. The van der Waals surface area contributed by atoms with E-state index in [9.17, 15) is 4.79 Å². The van der Waals surface area contributed by atoms with Crippen LogP contribution in [0.2, 0.25) is 0 Å². The molecule has 2 aromatic rings. The smallest absolute Gasteiger partial charge is 0.340 e. The predicted octanol–water partition coefficient (Wildman–Crippen LogP) is 2.62. The maximum absolute atomic E-state index is 11.6. The third-order valence-corrected chi connectivity index (χ3v) is 3.03. The normalized spacial score (nSPS) is 11.7. The van der Waals surface area contributed by atoms with Crippen molar-refractivity contribution in [2.45, 2.75) is 13.0 Å². The van der Waals surface area contributed by atoms with Gasteiger partial charge in [0.05, 0.1) is 18.7 Å². The lowest BCUT2D eigenvalue weighted by molar-refractivity contribution is 0.0602. The van der Waals surface area contributed by atoms with Gasteiger partial charge in [-0.1, -0.05) is 6.07 Å². The Morgan fingerprint density at radius 2 is 2.20 bits per heavy atom. The number of rotatable bonds is 4. The van der Waals surface area contributed by atoms with Crippen molar-refractivity contribution >= 4 is 17.3 Å². The Bertz CT molecular complexity index is 599. The van der Waals surface area contributed by atoms with Crippen LogP contribution in [0.4, 0.5) is 11.4 Å². The summed E-state index contributed by atoms with van der Waals surface area (Å²) < 4.78 is 4.70. The van der Waals surface area contributed by atoms with Gasteiger partial charge in [0, 0.05) is 23.8 Å². The topological polar surface area (TPSA) is 77.2 Å². The van der Waals surface area contributed by atoms with Gasteiger partial charge in [0.2, 0.25) is 0 Å². The van der Waals surface area contributed by atoms with Crippen molar-refractivity contribution in [3.8, 4) is 0 Å². The standard InChI is InChI=1S/C15H17N3O2/c1-10(11-4-3-7-17-9-11)18-12-5-6-14(16)13(8-12)15(19)20-2/h3-10,18H,16H2,1-2H3. The number of anilines is 2. The van der Waals surface area contributed by atoms with Crippen LogP contribution in [0.15, 0.2) is 42.7 Å². The molecule has 0 amide bonds. The lowest BCUT2D eigenvalue weighted by Gasteiger charge is -2.16. The van der Waals surface area contributed by atoms with Crippen LogP contribution in [-0.4, -0.2) is 18.1 Å². The van der Waals surface area contributed by atoms with Gasteiger partial charge in [0.15, 0.2) is 0 Å². The molecule has 0 radical (unpaired) electrons. The molecule has 2 rings (SSSR count). The van der Waals surface area contributed by atoms with Gasteiger partial charge >= 0.3 is 5.97 Å². The van der Waals surface area contributed by atoms with Crippen LogP contribution in [0.25, 0.3) is 0 Å². The lowest BCUT2D eigenvalue weighted by atomic mass is 10.1. The van der Waals surface area contributed by atoms with Gasteiger partial charge < -0.3 is 15.8 Å². The molecule has 0 spiro atoms. The van der Waals surface area contributed by atoms with E-state index in [-0.39, 0.29) is 6.04 Å². The van der Waals surface area contributed by atoms with Crippen molar-refractivity contribution in [3.05, 3.63) is 53.9 Å². The first kappa shape index (κ1) is 13.9. The highest BCUT2D eigenvalue weighted by molar-refractivity contribution is 5.96. The van der Waals surface area contributed by atoms with Crippen molar-refractivity contribution in [2.75, 3.05) is 18.2 Å². The average Bonchev–Trinajstić information content (AvgIpc) is 2.49. The number of methoxy groups -OCH3 is 1. The van der Waals surface area contributed by atoms with Crippen LogP contribution < -0.4 is 11.1 Å². The number of ether oxygens (including phenoxy) is 1. The number of carbonyl (C=O) groups is 1. The van der Waals surface area contributed by atoms with E-state index >= 15 is 0 Å². The zero-order chi connectivity index (χ0) is 14.5. The predicted molar refractivity (Wildman–Crippen MR) is 78.5 cm³/mol. The van der Waals surface area contributed by atoms with Crippen LogP contribution in [0.3, 0.4) is 0 Å². The number of nitrogens with zero attached hydrogens (tertiary/aromatic N) is 1. The number of benzene rings is 1. The molecule has 0 bridgehead atoms. The minimum atomic E-state index is -0.444. The second kappa shape index (κ2) is 6.06. The van der Waals surface area contributed by atoms with Gasteiger partial charge in [-0.15, -0.1) is 0 Å². The highest BCUT2D eigenvalue weighted by Crippen LogP contribution is 2.23. The molecule has 20 heavy (non-hydrogen) atoms.